The zero-order valence-corrected chi connectivity index (χ0v) is 44.0. The topological polar surface area (TPSA) is 78.9 Å². The molecule has 0 amide bonds. The molecule has 0 heterocycles. The van der Waals surface area contributed by atoms with E-state index in [1.807, 2.05) is 0 Å². The van der Waals surface area contributed by atoms with Crippen molar-refractivity contribution in [1.82, 2.24) is 0 Å². The zero-order chi connectivity index (χ0) is 50.0. The summed E-state index contributed by atoms with van der Waals surface area (Å²) in [5, 5.41) is 0. The standard InChI is InChI=1S/C63H98O6/c1-4-7-10-13-16-19-22-25-28-30-31-33-35-38-41-44-47-50-53-56-62(65)68-59-60(58-67-61(64)55-52-49-46-43-40-37-34-27-24-21-18-15-12-9-6-3)69-63(66)57-54-51-48-45-42-39-36-32-29-26-23-20-17-14-11-8-5-2/h7,9-10,12,16-21,25-29,31,33-34,36,38-39,41,45,48,60H,4-6,8,11,13-15,22-24,30,32,35,37,40,42-44,46-47,49-59H2,1-3H3. The molecule has 0 aromatic carbocycles. The van der Waals surface area contributed by atoms with E-state index in [1.165, 1.54) is 25.7 Å². The van der Waals surface area contributed by atoms with Crippen LogP contribution < -0.4 is 0 Å². The number of carbonyl (C=O) groups excluding carboxylic acids is 3. The van der Waals surface area contributed by atoms with Crippen LogP contribution in [-0.4, -0.2) is 37.2 Å². The van der Waals surface area contributed by atoms with Crippen LogP contribution in [0.2, 0.25) is 0 Å². The van der Waals surface area contributed by atoms with Gasteiger partial charge in [0.25, 0.3) is 0 Å². The number of hydrogen-bond donors (Lipinski definition) is 0. The van der Waals surface area contributed by atoms with Crippen LogP contribution in [0.15, 0.2) is 146 Å². The second kappa shape index (κ2) is 55.9. The van der Waals surface area contributed by atoms with E-state index in [9.17, 15) is 14.4 Å². The molecule has 6 nitrogen and oxygen atoms in total. The van der Waals surface area contributed by atoms with Gasteiger partial charge in [-0.1, -0.05) is 205 Å². The lowest BCUT2D eigenvalue weighted by molar-refractivity contribution is -0.167. The lowest BCUT2D eigenvalue weighted by Gasteiger charge is -2.18. The van der Waals surface area contributed by atoms with Gasteiger partial charge in [-0.25, -0.2) is 0 Å². The maximum Gasteiger partial charge on any atom is 0.306 e. The average molecular weight is 951 g/mol. The lowest BCUT2D eigenvalue weighted by Crippen LogP contribution is -2.30. The highest BCUT2D eigenvalue weighted by Crippen LogP contribution is 2.11. The quantitative estimate of drug-likeness (QED) is 0.0262. The van der Waals surface area contributed by atoms with Gasteiger partial charge in [0.05, 0.1) is 0 Å². The Balaban J connectivity index is 4.59. The van der Waals surface area contributed by atoms with Crippen molar-refractivity contribution in [2.75, 3.05) is 13.2 Å². The number of unbranched alkanes of at least 4 members (excludes halogenated alkanes) is 12. The second-order valence-electron chi connectivity index (χ2n) is 17.4. The Morgan fingerprint density at radius 1 is 0.304 bits per heavy atom. The predicted octanol–water partition coefficient (Wildman–Crippen LogP) is 18.4. The third-order valence-corrected chi connectivity index (χ3v) is 10.8. The van der Waals surface area contributed by atoms with Gasteiger partial charge in [0.1, 0.15) is 13.2 Å². The number of hydrogen-bond acceptors (Lipinski definition) is 6. The highest BCUT2D eigenvalue weighted by molar-refractivity contribution is 5.71. The van der Waals surface area contributed by atoms with Gasteiger partial charge in [0.15, 0.2) is 6.10 Å². The number of rotatable bonds is 47. The van der Waals surface area contributed by atoms with Gasteiger partial charge in [-0.15, -0.1) is 0 Å². The molecule has 386 valence electrons. The summed E-state index contributed by atoms with van der Waals surface area (Å²) < 4.78 is 16.7. The molecule has 1 unspecified atom stereocenters. The monoisotopic (exact) mass is 951 g/mol. The predicted molar refractivity (Wildman–Crippen MR) is 297 cm³/mol. The summed E-state index contributed by atoms with van der Waals surface area (Å²) in [7, 11) is 0. The van der Waals surface area contributed by atoms with E-state index >= 15 is 0 Å². The van der Waals surface area contributed by atoms with Crippen LogP contribution in [0.25, 0.3) is 0 Å². The minimum atomic E-state index is -0.835. The third kappa shape index (κ3) is 54.1. The molecule has 0 aliphatic carbocycles. The molecule has 0 aromatic rings. The van der Waals surface area contributed by atoms with Crippen molar-refractivity contribution < 1.29 is 28.6 Å². The van der Waals surface area contributed by atoms with Crippen LogP contribution in [-0.2, 0) is 28.6 Å². The highest BCUT2D eigenvalue weighted by atomic mass is 16.6. The fraction of sp³-hybridized carbons (Fsp3) is 0.571. The molecule has 0 saturated carbocycles. The largest absolute Gasteiger partial charge is 0.462 e. The molecule has 0 radical (unpaired) electrons. The molecule has 0 fully saturated rings. The van der Waals surface area contributed by atoms with Gasteiger partial charge in [-0.3, -0.25) is 14.4 Å². The number of esters is 3. The van der Waals surface area contributed by atoms with Crippen LogP contribution in [0.1, 0.15) is 213 Å². The molecule has 1 atom stereocenters. The Morgan fingerprint density at radius 2 is 0.580 bits per heavy atom. The molecule has 0 aliphatic rings. The molecule has 0 saturated heterocycles. The van der Waals surface area contributed by atoms with Crippen molar-refractivity contribution in [1.29, 1.82) is 0 Å². The van der Waals surface area contributed by atoms with Crippen LogP contribution in [0, 0.1) is 0 Å². The summed E-state index contributed by atoms with van der Waals surface area (Å²) >= 11 is 0. The van der Waals surface area contributed by atoms with E-state index in [1.54, 1.807) is 0 Å². The van der Waals surface area contributed by atoms with Gasteiger partial charge in [-0.2, -0.15) is 0 Å². The first-order valence-corrected chi connectivity index (χ1v) is 27.3. The summed E-state index contributed by atoms with van der Waals surface area (Å²) in [4.78, 5) is 38.1. The van der Waals surface area contributed by atoms with Gasteiger partial charge in [0.2, 0.25) is 0 Å². The fourth-order valence-electron chi connectivity index (χ4n) is 6.77. The average Bonchev–Trinajstić information content (AvgIpc) is 3.35. The van der Waals surface area contributed by atoms with E-state index in [0.29, 0.717) is 19.3 Å². The second-order valence-corrected chi connectivity index (χ2v) is 17.4. The van der Waals surface area contributed by atoms with Crippen LogP contribution >= 0.6 is 0 Å². The maximum atomic E-state index is 12.8. The summed E-state index contributed by atoms with van der Waals surface area (Å²) in [5.74, 6) is -1.04. The molecule has 0 bridgehead atoms. The fourth-order valence-corrected chi connectivity index (χ4v) is 6.77. The summed E-state index contributed by atoms with van der Waals surface area (Å²) in [5.41, 5.74) is 0. The Bertz CT molecular complexity index is 1560. The maximum absolute atomic E-state index is 12.8. The SMILES string of the molecule is CCC=CCC=CCC=CCC=CCC=CCCCCCC(=O)OCC(COC(=O)CCCCCCCC=CCC=CCC=CCC)OC(=O)CCCC=CCC=CCC=CCC=CCCCCC. The van der Waals surface area contributed by atoms with Gasteiger partial charge >= 0.3 is 17.9 Å². The first-order chi connectivity index (χ1) is 34.0. The molecule has 6 heteroatoms. The van der Waals surface area contributed by atoms with Gasteiger partial charge in [-0.05, 0) is 135 Å². The minimum Gasteiger partial charge on any atom is -0.462 e. The number of allylic oxidation sites excluding steroid dienone is 24. The molecular formula is C63H98O6. The minimum absolute atomic E-state index is 0.126. The van der Waals surface area contributed by atoms with E-state index in [4.69, 9.17) is 14.2 Å². The van der Waals surface area contributed by atoms with Crippen LogP contribution in [0.4, 0.5) is 0 Å². The summed E-state index contributed by atoms with van der Waals surface area (Å²) in [6.07, 6.45) is 79.8. The zero-order valence-electron chi connectivity index (χ0n) is 44.0. The summed E-state index contributed by atoms with van der Waals surface area (Å²) in [6, 6.07) is 0. The Hall–Kier alpha value is -4.71. The number of ether oxygens (including phenoxy) is 3. The van der Waals surface area contributed by atoms with Crippen molar-refractivity contribution in [2.45, 2.75) is 219 Å². The molecule has 0 aliphatic heterocycles. The molecule has 0 rings (SSSR count). The highest BCUT2D eigenvalue weighted by Gasteiger charge is 2.19. The Labute approximate surface area is 423 Å². The van der Waals surface area contributed by atoms with Crippen LogP contribution in [0.3, 0.4) is 0 Å². The van der Waals surface area contributed by atoms with Crippen molar-refractivity contribution in [3.05, 3.63) is 146 Å². The van der Waals surface area contributed by atoms with E-state index in [2.05, 4.69) is 167 Å². The molecule has 0 N–H and O–H groups in total. The van der Waals surface area contributed by atoms with Crippen molar-refractivity contribution in [2.24, 2.45) is 0 Å². The van der Waals surface area contributed by atoms with E-state index in [0.717, 1.165) is 141 Å². The van der Waals surface area contributed by atoms with Gasteiger partial charge in [0, 0.05) is 19.3 Å². The van der Waals surface area contributed by atoms with E-state index in [-0.39, 0.29) is 37.5 Å². The Morgan fingerprint density at radius 3 is 0.942 bits per heavy atom. The van der Waals surface area contributed by atoms with Crippen molar-refractivity contribution in [3.8, 4) is 0 Å². The van der Waals surface area contributed by atoms with Gasteiger partial charge < -0.3 is 14.2 Å². The van der Waals surface area contributed by atoms with Crippen LogP contribution in [0.5, 0.6) is 0 Å². The Kier molecular flexibility index (Phi) is 52.1. The molecule has 0 spiro atoms. The molecule has 0 aromatic heterocycles. The number of carbonyl (C=O) groups is 3. The molecular weight excluding hydrogens is 853 g/mol. The smallest absolute Gasteiger partial charge is 0.306 e. The third-order valence-electron chi connectivity index (χ3n) is 10.8. The normalized spacial score (nSPS) is 13.3. The van der Waals surface area contributed by atoms with E-state index < -0.39 is 6.10 Å². The molecule has 69 heavy (non-hydrogen) atoms. The van der Waals surface area contributed by atoms with Crippen molar-refractivity contribution >= 4 is 17.9 Å². The van der Waals surface area contributed by atoms with Crippen molar-refractivity contribution in [3.63, 3.8) is 0 Å². The first-order valence-electron chi connectivity index (χ1n) is 27.3. The first kappa shape index (κ1) is 64.3. The summed E-state index contributed by atoms with van der Waals surface area (Å²) in [6.45, 7) is 6.27. The lowest BCUT2D eigenvalue weighted by atomic mass is 10.1.